The van der Waals surface area contributed by atoms with E-state index in [4.69, 9.17) is 9.47 Å². The fraction of sp³-hybridized carbons (Fsp3) is 0.500. The highest BCUT2D eigenvalue weighted by Crippen LogP contribution is 2.37. The number of amides is 1. The molecule has 6 nitrogen and oxygen atoms in total. The van der Waals surface area contributed by atoms with Gasteiger partial charge >= 0.3 is 0 Å². The zero-order valence-electron chi connectivity index (χ0n) is 15.2. The molecule has 1 aromatic carbocycles. The first-order chi connectivity index (χ1) is 12.6. The van der Waals surface area contributed by atoms with Gasteiger partial charge in [-0.3, -0.25) is 4.79 Å². The predicted octanol–water partition coefficient (Wildman–Crippen LogP) is 2.87. The Morgan fingerprint density at radius 1 is 1.23 bits per heavy atom. The van der Waals surface area contributed by atoms with Gasteiger partial charge in [0.2, 0.25) is 12.7 Å². The van der Waals surface area contributed by atoms with Gasteiger partial charge < -0.3 is 18.9 Å². The van der Waals surface area contributed by atoms with Crippen molar-refractivity contribution in [1.29, 1.82) is 0 Å². The molecule has 0 saturated carbocycles. The normalized spacial score (nSPS) is 22.0. The maximum atomic E-state index is 12.4. The van der Waals surface area contributed by atoms with E-state index in [1.54, 1.807) is 6.20 Å². The maximum Gasteiger partial charge on any atom is 0.231 e. The van der Waals surface area contributed by atoms with E-state index in [1.165, 1.54) is 5.56 Å². The minimum absolute atomic E-state index is 0.0939. The summed E-state index contributed by atoms with van der Waals surface area (Å²) in [4.78, 5) is 18.4. The first kappa shape index (κ1) is 16.9. The van der Waals surface area contributed by atoms with Crippen LogP contribution in [0.2, 0.25) is 0 Å². The van der Waals surface area contributed by atoms with Crippen LogP contribution in [0.1, 0.15) is 31.7 Å². The van der Waals surface area contributed by atoms with E-state index in [0.717, 1.165) is 50.4 Å². The third kappa shape index (κ3) is 3.69. The van der Waals surface area contributed by atoms with E-state index >= 15 is 0 Å². The van der Waals surface area contributed by atoms with Crippen molar-refractivity contribution < 1.29 is 14.3 Å². The molecule has 4 rings (SSSR count). The van der Waals surface area contributed by atoms with Gasteiger partial charge in [0.15, 0.2) is 11.5 Å². The van der Waals surface area contributed by atoms with E-state index in [-0.39, 0.29) is 11.3 Å². The standard InChI is InChI=1S/C20H25N3O3/c1-20(12-16-3-4-17-18(11-16)26-15-25-17)6-5-19(24)23(13-20)9-2-8-22-10-7-21-14-22/h3-4,7,10-11,14H,2,5-6,8-9,12-13,15H2,1H3/t20-/m1/s1. The molecule has 0 N–H and O–H groups in total. The Labute approximate surface area is 153 Å². The largest absolute Gasteiger partial charge is 0.454 e. The SMILES string of the molecule is C[C@]1(Cc2ccc3c(c2)OCO3)CCC(=O)N(CCCn2ccnc2)C1. The number of carbonyl (C=O) groups is 1. The summed E-state index contributed by atoms with van der Waals surface area (Å²) >= 11 is 0. The monoisotopic (exact) mass is 355 g/mol. The van der Waals surface area contributed by atoms with E-state index in [0.29, 0.717) is 13.2 Å². The van der Waals surface area contributed by atoms with Crippen molar-refractivity contribution in [3.05, 3.63) is 42.5 Å². The Kier molecular flexibility index (Phi) is 4.57. The molecule has 2 aliphatic rings. The Balaban J connectivity index is 1.37. The van der Waals surface area contributed by atoms with Crippen molar-refractivity contribution in [2.24, 2.45) is 5.41 Å². The van der Waals surface area contributed by atoms with Gasteiger partial charge in [-0.15, -0.1) is 0 Å². The molecule has 0 radical (unpaired) electrons. The number of nitrogens with zero attached hydrogens (tertiary/aromatic N) is 3. The second-order valence-electron chi connectivity index (χ2n) is 7.64. The van der Waals surface area contributed by atoms with Gasteiger partial charge in [0, 0.05) is 38.4 Å². The summed E-state index contributed by atoms with van der Waals surface area (Å²) in [7, 11) is 0. The number of fused-ring (bicyclic) bond motifs is 1. The average molecular weight is 355 g/mol. The first-order valence-electron chi connectivity index (χ1n) is 9.23. The van der Waals surface area contributed by atoms with E-state index in [1.807, 2.05) is 23.5 Å². The third-order valence-electron chi connectivity index (χ3n) is 5.34. The lowest BCUT2D eigenvalue weighted by atomic mass is 9.76. The van der Waals surface area contributed by atoms with Crippen molar-refractivity contribution in [2.75, 3.05) is 19.9 Å². The zero-order chi connectivity index (χ0) is 18.0. The van der Waals surface area contributed by atoms with Gasteiger partial charge in [0.05, 0.1) is 6.33 Å². The van der Waals surface area contributed by atoms with Crippen LogP contribution in [0.5, 0.6) is 11.5 Å². The molecule has 0 bridgehead atoms. The van der Waals surface area contributed by atoms with Crippen LogP contribution in [-0.2, 0) is 17.8 Å². The Morgan fingerprint density at radius 2 is 2.12 bits per heavy atom. The molecular weight excluding hydrogens is 330 g/mol. The number of hydrogen-bond donors (Lipinski definition) is 0. The Hall–Kier alpha value is -2.50. The van der Waals surface area contributed by atoms with Gasteiger partial charge in [-0.25, -0.2) is 4.98 Å². The third-order valence-corrected chi connectivity index (χ3v) is 5.34. The number of likely N-dealkylation sites (tertiary alicyclic amines) is 1. The Bertz CT molecular complexity index is 775. The quantitative estimate of drug-likeness (QED) is 0.799. The van der Waals surface area contributed by atoms with Crippen LogP contribution < -0.4 is 9.47 Å². The molecule has 26 heavy (non-hydrogen) atoms. The summed E-state index contributed by atoms with van der Waals surface area (Å²) < 4.78 is 12.9. The molecule has 1 saturated heterocycles. The summed E-state index contributed by atoms with van der Waals surface area (Å²) in [5.74, 6) is 1.92. The molecule has 0 unspecified atom stereocenters. The minimum Gasteiger partial charge on any atom is -0.454 e. The zero-order valence-corrected chi connectivity index (χ0v) is 15.2. The lowest BCUT2D eigenvalue weighted by molar-refractivity contribution is -0.137. The first-order valence-corrected chi connectivity index (χ1v) is 9.23. The fourth-order valence-electron chi connectivity index (χ4n) is 3.95. The molecule has 0 spiro atoms. The summed E-state index contributed by atoms with van der Waals surface area (Å²) in [6.45, 7) is 5.09. The van der Waals surface area contributed by atoms with Gasteiger partial charge in [-0.1, -0.05) is 13.0 Å². The Morgan fingerprint density at radius 3 is 2.96 bits per heavy atom. The van der Waals surface area contributed by atoms with Crippen LogP contribution in [-0.4, -0.2) is 40.2 Å². The number of aromatic nitrogens is 2. The van der Waals surface area contributed by atoms with E-state index < -0.39 is 0 Å². The van der Waals surface area contributed by atoms with Gasteiger partial charge in [0.25, 0.3) is 0 Å². The molecule has 1 aromatic heterocycles. The molecule has 138 valence electrons. The average Bonchev–Trinajstić information content (AvgIpc) is 3.29. The number of benzene rings is 1. The predicted molar refractivity (Wildman–Crippen MR) is 97.0 cm³/mol. The lowest BCUT2D eigenvalue weighted by Crippen LogP contribution is -2.46. The minimum atomic E-state index is 0.0939. The summed E-state index contributed by atoms with van der Waals surface area (Å²) in [6.07, 6.45) is 9.01. The molecular formula is C20H25N3O3. The van der Waals surface area contributed by atoms with Crippen LogP contribution in [0.4, 0.5) is 0 Å². The summed E-state index contributed by atoms with van der Waals surface area (Å²) in [5, 5.41) is 0. The lowest BCUT2D eigenvalue weighted by Gasteiger charge is -2.40. The van der Waals surface area contributed by atoms with Crippen LogP contribution in [0.25, 0.3) is 0 Å². The molecule has 3 heterocycles. The highest BCUT2D eigenvalue weighted by Gasteiger charge is 2.35. The van der Waals surface area contributed by atoms with Crippen molar-refractivity contribution in [2.45, 2.75) is 39.2 Å². The van der Waals surface area contributed by atoms with Crippen molar-refractivity contribution in [3.63, 3.8) is 0 Å². The number of piperidine rings is 1. The molecule has 1 amide bonds. The van der Waals surface area contributed by atoms with Crippen LogP contribution in [0, 0.1) is 5.41 Å². The smallest absolute Gasteiger partial charge is 0.231 e. The van der Waals surface area contributed by atoms with Gasteiger partial charge in [-0.05, 0) is 42.4 Å². The molecule has 6 heteroatoms. The highest BCUT2D eigenvalue weighted by molar-refractivity contribution is 5.77. The van der Waals surface area contributed by atoms with E-state index in [9.17, 15) is 4.79 Å². The van der Waals surface area contributed by atoms with Crippen LogP contribution in [0.3, 0.4) is 0 Å². The number of rotatable bonds is 6. The van der Waals surface area contributed by atoms with Crippen LogP contribution in [0.15, 0.2) is 36.9 Å². The molecule has 1 fully saturated rings. The summed E-state index contributed by atoms with van der Waals surface area (Å²) in [5.41, 5.74) is 1.33. The topological polar surface area (TPSA) is 56.6 Å². The summed E-state index contributed by atoms with van der Waals surface area (Å²) in [6, 6.07) is 6.17. The van der Waals surface area contributed by atoms with E-state index in [2.05, 4.69) is 28.6 Å². The van der Waals surface area contributed by atoms with Crippen molar-refractivity contribution in [3.8, 4) is 11.5 Å². The van der Waals surface area contributed by atoms with Gasteiger partial charge in [-0.2, -0.15) is 0 Å². The number of imidazole rings is 1. The number of ether oxygens (including phenoxy) is 2. The fourth-order valence-corrected chi connectivity index (χ4v) is 3.95. The maximum absolute atomic E-state index is 12.4. The van der Waals surface area contributed by atoms with Crippen molar-refractivity contribution in [1.82, 2.24) is 14.5 Å². The number of carbonyl (C=O) groups excluding carboxylic acids is 1. The number of hydrogen-bond acceptors (Lipinski definition) is 4. The molecule has 2 aliphatic heterocycles. The second kappa shape index (κ2) is 7.02. The molecule has 1 atom stereocenters. The van der Waals surface area contributed by atoms with Gasteiger partial charge in [0.1, 0.15) is 0 Å². The van der Waals surface area contributed by atoms with Crippen LogP contribution >= 0.6 is 0 Å². The van der Waals surface area contributed by atoms with Crippen molar-refractivity contribution >= 4 is 5.91 Å². The molecule has 2 aromatic rings. The highest BCUT2D eigenvalue weighted by atomic mass is 16.7. The molecule has 0 aliphatic carbocycles. The number of aryl methyl sites for hydroxylation is 1. The second-order valence-corrected chi connectivity index (χ2v) is 7.64.